The number of nitrogens with one attached hydrogen (secondary N) is 1. The van der Waals surface area contributed by atoms with Crippen LogP contribution in [0.5, 0.6) is 0 Å². The molecule has 2 amide bonds. The van der Waals surface area contributed by atoms with Gasteiger partial charge < -0.3 is 20.6 Å². The summed E-state index contributed by atoms with van der Waals surface area (Å²) in [7, 11) is 0. The predicted molar refractivity (Wildman–Crippen MR) is 60.0 cm³/mol. The van der Waals surface area contributed by atoms with E-state index in [1.807, 2.05) is 0 Å². The van der Waals surface area contributed by atoms with Crippen molar-refractivity contribution >= 4 is 18.3 Å². The van der Waals surface area contributed by atoms with Gasteiger partial charge in [-0.25, -0.2) is 4.79 Å². The van der Waals surface area contributed by atoms with Gasteiger partial charge in [0.1, 0.15) is 11.8 Å². The molecule has 0 aromatic carbocycles. The number of primary amides is 1. The number of carbonyl (C=O) groups excluding carboxylic acids is 3. The highest BCUT2D eigenvalue weighted by Gasteiger charge is 2.54. The van der Waals surface area contributed by atoms with Crippen molar-refractivity contribution in [3.05, 3.63) is 12.7 Å². The van der Waals surface area contributed by atoms with E-state index in [9.17, 15) is 14.4 Å². The lowest BCUT2D eigenvalue weighted by Gasteiger charge is -2.22. The standard InChI is InChI=1S/C11H16N2O4/c1-4-7-5-11(7,6-14)13-9(16)17-10(2,3)8(12)15/h4,6-7H,1,5H2,2-3H3,(H2,12,15)(H,13,16)/t7-,11+/m1/s1. The minimum atomic E-state index is -1.41. The van der Waals surface area contributed by atoms with Crippen LogP contribution in [0.3, 0.4) is 0 Å². The number of rotatable bonds is 5. The molecule has 0 heterocycles. The van der Waals surface area contributed by atoms with E-state index in [2.05, 4.69) is 11.9 Å². The van der Waals surface area contributed by atoms with Crippen molar-refractivity contribution in [1.29, 1.82) is 0 Å². The maximum Gasteiger partial charge on any atom is 0.408 e. The molecule has 6 heteroatoms. The van der Waals surface area contributed by atoms with Gasteiger partial charge in [-0.3, -0.25) is 4.79 Å². The number of amides is 2. The molecule has 0 radical (unpaired) electrons. The third-order valence-electron chi connectivity index (χ3n) is 2.83. The van der Waals surface area contributed by atoms with Crippen molar-refractivity contribution in [3.63, 3.8) is 0 Å². The molecular formula is C11H16N2O4. The molecule has 2 atom stereocenters. The molecule has 17 heavy (non-hydrogen) atoms. The van der Waals surface area contributed by atoms with Gasteiger partial charge in [-0.1, -0.05) is 6.08 Å². The van der Waals surface area contributed by atoms with Crippen molar-refractivity contribution in [1.82, 2.24) is 5.32 Å². The van der Waals surface area contributed by atoms with E-state index in [0.717, 1.165) is 0 Å². The van der Waals surface area contributed by atoms with Gasteiger partial charge in [0.2, 0.25) is 0 Å². The first-order valence-corrected chi connectivity index (χ1v) is 5.17. The summed E-state index contributed by atoms with van der Waals surface area (Å²) >= 11 is 0. The van der Waals surface area contributed by atoms with Crippen LogP contribution in [0.2, 0.25) is 0 Å². The molecule has 0 aliphatic heterocycles. The van der Waals surface area contributed by atoms with Crippen LogP contribution in [0.25, 0.3) is 0 Å². The molecule has 6 nitrogen and oxygen atoms in total. The molecular weight excluding hydrogens is 224 g/mol. The normalized spacial score (nSPS) is 26.8. The first kappa shape index (κ1) is 13.2. The van der Waals surface area contributed by atoms with E-state index in [0.29, 0.717) is 12.7 Å². The largest absolute Gasteiger partial charge is 0.433 e. The number of nitrogens with two attached hydrogens (primary N) is 1. The summed E-state index contributed by atoms with van der Waals surface area (Å²) in [5, 5.41) is 2.42. The van der Waals surface area contributed by atoms with E-state index >= 15 is 0 Å². The first-order chi connectivity index (χ1) is 7.77. The van der Waals surface area contributed by atoms with Crippen LogP contribution >= 0.6 is 0 Å². The summed E-state index contributed by atoms with van der Waals surface area (Å²) < 4.78 is 4.85. The maximum absolute atomic E-state index is 11.5. The number of carbonyl (C=O) groups is 3. The molecule has 1 aliphatic carbocycles. The summed E-state index contributed by atoms with van der Waals surface area (Å²) in [4.78, 5) is 33.3. The summed E-state index contributed by atoms with van der Waals surface area (Å²) in [5.41, 5.74) is 2.71. The van der Waals surface area contributed by atoms with Crippen LogP contribution in [-0.4, -0.2) is 29.4 Å². The van der Waals surface area contributed by atoms with E-state index < -0.39 is 23.1 Å². The lowest BCUT2D eigenvalue weighted by Crippen LogP contribution is -2.48. The number of aldehydes is 1. The lowest BCUT2D eigenvalue weighted by molar-refractivity contribution is -0.133. The molecule has 1 rings (SSSR count). The molecule has 0 saturated heterocycles. The Balaban J connectivity index is 2.60. The summed E-state index contributed by atoms with van der Waals surface area (Å²) in [5.74, 6) is -0.854. The zero-order valence-corrected chi connectivity index (χ0v) is 9.86. The second-order valence-electron chi connectivity index (χ2n) is 4.59. The predicted octanol–water partition coefficient (Wildman–Crippen LogP) is 0.120. The highest BCUT2D eigenvalue weighted by molar-refractivity contribution is 5.87. The molecule has 94 valence electrons. The highest BCUT2D eigenvalue weighted by Crippen LogP contribution is 2.42. The monoisotopic (exact) mass is 240 g/mol. The molecule has 0 spiro atoms. The molecule has 0 bridgehead atoms. The van der Waals surface area contributed by atoms with Crippen molar-refractivity contribution in [3.8, 4) is 0 Å². The van der Waals surface area contributed by atoms with E-state index in [1.165, 1.54) is 13.8 Å². The molecule has 1 fully saturated rings. The quantitative estimate of drug-likeness (QED) is 0.526. The third-order valence-corrected chi connectivity index (χ3v) is 2.83. The van der Waals surface area contributed by atoms with Gasteiger partial charge in [-0.2, -0.15) is 0 Å². The topological polar surface area (TPSA) is 98.5 Å². The average molecular weight is 240 g/mol. The average Bonchev–Trinajstić information content (AvgIpc) is 2.91. The summed E-state index contributed by atoms with van der Waals surface area (Å²) in [6.07, 6.45) is 1.89. The fourth-order valence-corrected chi connectivity index (χ4v) is 1.40. The van der Waals surface area contributed by atoms with Gasteiger partial charge in [-0.15, -0.1) is 6.58 Å². The Bertz CT molecular complexity index is 378. The third kappa shape index (κ3) is 2.64. The van der Waals surface area contributed by atoms with Crippen molar-refractivity contribution in [2.24, 2.45) is 11.7 Å². The fraction of sp³-hybridized carbons (Fsp3) is 0.545. The second-order valence-corrected chi connectivity index (χ2v) is 4.59. The number of hydrogen-bond donors (Lipinski definition) is 2. The molecule has 0 unspecified atom stereocenters. The Hall–Kier alpha value is -1.85. The Morgan fingerprint density at radius 1 is 1.59 bits per heavy atom. The summed E-state index contributed by atoms with van der Waals surface area (Å²) in [6, 6.07) is 0. The molecule has 0 aromatic heterocycles. The molecule has 1 aliphatic rings. The van der Waals surface area contributed by atoms with Gasteiger partial charge in [0.15, 0.2) is 5.60 Å². The number of hydrogen-bond acceptors (Lipinski definition) is 4. The van der Waals surface area contributed by atoms with E-state index in [4.69, 9.17) is 10.5 Å². The van der Waals surface area contributed by atoms with Gasteiger partial charge in [-0.05, 0) is 20.3 Å². The van der Waals surface area contributed by atoms with Crippen LogP contribution in [-0.2, 0) is 14.3 Å². The molecule has 3 N–H and O–H groups in total. The van der Waals surface area contributed by atoms with Crippen molar-refractivity contribution < 1.29 is 19.1 Å². The minimum absolute atomic E-state index is 0.0933. The SMILES string of the molecule is C=C[C@@H]1C[C@@]1(C=O)NC(=O)OC(C)(C)C(N)=O. The highest BCUT2D eigenvalue weighted by atomic mass is 16.6. The zero-order valence-electron chi connectivity index (χ0n) is 9.86. The Morgan fingerprint density at radius 2 is 2.18 bits per heavy atom. The number of alkyl carbamates (subject to hydrolysis) is 1. The van der Waals surface area contributed by atoms with Crippen LogP contribution in [0.4, 0.5) is 4.79 Å². The molecule has 0 aromatic rings. The van der Waals surface area contributed by atoms with Gasteiger partial charge in [0.05, 0.1) is 0 Å². The van der Waals surface area contributed by atoms with E-state index in [1.54, 1.807) is 6.08 Å². The Labute approximate surface area is 99.2 Å². The van der Waals surface area contributed by atoms with Crippen LogP contribution < -0.4 is 11.1 Å². The molecule has 1 saturated carbocycles. The van der Waals surface area contributed by atoms with Gasteiger partial charge >= 0.3 is 6.09 Å². The fourth-order valence-electron chi connectivity index (χ4n) is 1.40. The smallest absolute Gasteiger partial charge is 0.408 e. The zero-order chi connectivity index (χ0) is 13.3. The van der Waals surface area contributed by atoms with Crippen LogP contribution in [0.1, 0.15) is 20.3 Å². The van der Waals surface area contributed by atoms with Gasteiger partial charge in [0.25, 0.3) is 5.91 Å². The first-order valence-electron chi connectivity index (χ1n) is 5.17. The number of ether oxygens (including phenoxy) is 1. The van der Waals surface area contributed by atoms with Crippen molar-refractivity contribution in [2.75, 3.05) is 0 Å². The van der Waals surface area contributed by atoms with Crippen molar-refractivity contribution in [2.45, 2.75) is 31.4 Å². The van der Waals surface area contributed by atoms with Crippen LogP contribution in [0, 0.1) is 5.92 Å². The lowest BCUT2D eigenvalue weighted by atomic mass is 10.1. The Kier molecular flexibility index (Phi) is 3.26. The maximum atomic E-state index is 11.5. The van der Waals surface area contributed by atoms with E-state index in [-0.39, 0.29) is 5.92 Å². The van der Waals surface area contributed by atoms with Gasteiger partial charge in [0, 0.05) is 5.92 Å². The second kappa shape index (κ2) is 4.20. The summed E-state index contributed by atoms with van der Waals surface area (Å²) in [6.45, 7) is 6.30. The minimum Gasteiger partial charge on any atom is -0.433 e. The van der Waals surface area contributed by atoms with Crippen LogP contribution in [0.15, 0.2) is 12.7 Å². The Morgan fingerprint density at radius 3 is 2.53 bits per heavy atom.